The van der Waals surface area contributed by atoms with Crippen LogP contribution in [0.3, 0.4) is 0 Å². The third-order valence-electron chi connectivity index (χ3n) is 3.45. The predicted octanol–water partition coefficient (Wildman–Crippen LogP) is 1.46. The zero-order chi connectivity index (χ0) is 10.3. The molecule has 0 aromatic carbocycles. The molecule has 0 spiro atoms. The van der Waals surface area contributed by atoms with Crippen LogP contribution in [-0.2, 0) is 13.5 Å². The molecule has 1 aliphatic carbocycles. The van der Waals surface area contributed by atoms with Gasteiger partial charge in [0.25, 0.3) is 0 Å². The van der Waals surface area contributed by atoms with E-state index in [-0.39, 0.29) is 5.54 Å². The number of nitrogens with zero attached hydrogens (tertiary/aromatic N) is 2. The van der Waals surface area contributed by atoms with Crippen molar-refractivity contribution in [2.24, 2.45) is 12.8 Å². The van der Waals surface area contributed by atoms with Crippen molar-refractivity contribution in [1.29, 1.82) is 0 Å². The third kappa shape index (κ3) is 1.69. The lowest BCUT2D eigenvalue weighted by molar-refractivity contribution is 0.602. The van der Waals surface area contributed by atoms with Crippen LogP contribution in [0.25, 0.3) is 0 Å². The summed E-state index contributed by atoms with van der Waals surface area (Å²) < 4.78 is 2.14. The topological polar surface area (TPSA) is 43.8 Å². The van der Waals surface area contributed by atoms with Gasteiger partial charge in [-0.1, -0.05) is 0 Å². The van der Waals surface area contributed by atoms with E-state index in [0.717, 1.165) is 18.7 Å². The average Bonchev–Trinajstić information content (AvgIpc) is 2.83. The molecule has 0 amide bonds. The Morgan fingerprint density at radius 1 is 1.43 bits per heavy atom. The number of nitrogens with two attached hydrogens (primary N) is 1. The Kier molecular flexibility index (Phi) is 2.14. The van der Waals surface area contributed by atoms with Crippen LogP contribution in [0.15, 0.2) is 0 Å². The summed E-state index contributed by atoms with van der Waals surface area (Å²) in [4.78, 5) is 4.55. The van der Waals surface area contributed by atoms with E-state index in [0.29, 0.717) is 0 Å². The molecule has 3 nitrogen and oxygen atoms in total. The molecule has 1 aliphatic rings. The largest absolute Gasteiger partial charge is 0.335 e. The molecule has 1 aromatic rings. The summed E-state index contributed by atoms with van der Waals surface area (Å²) in [6.07, 6.45) is 4.50. The molecule has 2 N–H and O–H groups in total. The lowest BCUT2D eigenvalue weighted by Gasteiger charge is -2.06. The highest BCUT2D eigenvalue weighted by atomic mass is 15.1. The molecule has 3 heteroatoms. The number of imidazole rings is 1. The maximum Gasteiger partial charge on any atom is 0.105 e. The van der Waals surface area contributed by atoms with Crippen molar-refractivity contribution in [3.05, 3.63) is 17.2 Å². The molecule has 0 atom stereocenters. The molecule has 0 saturated heterocycles. The summed E-state index contributed by atoms with van der Waals surface area (Å²) in [5.41, 5.74) is 8.71. The molecule has 0 bridgehead atoms. The van der Waals surface area contributed by atoms with E-state index in [1.54, 1.807) is 0 Å². The Balaban J connectivity index is 2.05. The number of rotatable bonds is 3. The van der Waals surface area contributed by atoms with Crippen LogP contribution in [0.4, 0.5) is 0 Å². The SMILES string of the molecule is Cc1nc(CCC2(N)CC2)c(C)n1C. The Bertz CT molecular complexity index is 348. The lowest BCUT2D eigenvalue weighted by Crippen LogP contribution is -2.22. The van der Waals surface area contributed by atoms with Gasteiger partial charge >= 0.3 is 0 Å². The first-order chi connectivity index (χ1) is 6.52. The summed E-state index contributed by atoms with van der Waals surface area (Å²) in [7, 11) is 2.07. The van der Waals surface area contributed by atoms with Crippen molar-refractivity contribution in [3.63, 3.8) is 0 Å². The normalized spacial score (nSPS) is 18.6. The molecule has 2 rings (SSSR count). The van der Waals surface area contributed by atoms with Crippen LogP contribution in [0.2, 0.25) is 0 Å². The molecular formula is C11H19N3. The standard InChI is InChI=1S/C11H19N3/c1-8-10(13-9(2)14(8)3)4-5-11(12)6-7-11/h4-7,12H2,1-3H3. The molecule has 0 unspecified atom stereocenters. The van der Waals surface area contributed by atoms with Crippen molar-refractivity contribution in [1.82, 2.24) is 9.55 Å². The van der Waals surface area contributed by atoms with Gasteiger partial charge in [0.15, 0.2) is 0 Å². The second-order valence-corrected chi connectivity index (χ2v) is 4.61. The maximum atomic E-state index is 6.05. The predicted molar refractivity (Wildman–Crippen MR) is 57.2 cm³/mol. The van der Waals surface area contributed by atoms with Gasteiger partial charge in [-0.25, -0.2) is 4.98 Å². The van der Waals surface area contributed by atoms with Gasteiger partial charge in [0.1, 0.15) is 5.82 Å². The van der Waals surface area contributed by atoms with Gasteiger partial charge in [-0.05, 0) is 39.5 Å². The first-order valence-corrected chi connectivity index (χ1v) is 5.29. The van der Waals surface area contributed by atoms with Crippen molar-refractivity contribution in [3.8, 4) is 0 Å². The molecule has 78 valence electrons. The van der Waals surface area contributed by atoms with E-state index in [1.165, 1.54) is 24.2 Å². The first kappa shape index (κ1) is 9.71. The van der Waals surface area contributed by atoms with Crippen LogP contribution in [0.5, 0.6) is 0 Å². The minimum atomic E-state index is 0.151. The summed E-state index contributed by atoms with van der Waals surface area (Å²) >= 11 is 0. The van der Waals surface area contributed by atoms with E-state index in [4.69, 9.17) is 5.73 Å². The minimum Gasteiger partial charge on any atom is -0.335 e. The Hall–Kier alpha value is -0.830. The second kappa shape index (κ2) is 3.09. The highest BCUT2D eigenvalue weighted by Crippen LogP contribution is 2.36. The van der Waals surface area contributed by atoms with Crippen molar-refractivity contribution in [2.45, 2.75) is 45.1 Å². The quantitative estimate of drug-likeness (QED) is 0.789. The van der Waals surface area contributed by atoms with Gasteiger partial charge in [0.05, 0.1) is 5.69 Å². The highest BCUT2D eigenvalue weighted by Gasteiger charge is 2.37. The fraction of sp³-hybridized carbons (Fsp3) is 0.727. The summed E-state index contributed by atoms with van der Waals surface area (Å²) in [6, 6.07) is 0. The molecule has 0 aliphatic heterocycles. The van der Waals surface area contributed by atoms with E-state index in [2.05, 4.69) is 23.5 Å². The zero-order valence-corrected chi connectivity index (χ0v) is 9.30. The molecule has 14 heavy (non-hydrogen) atoms. The lowest BCUT2D eigenvalue weighted by atomic mass is 10.1. The Morgan fingerprint density at radius 2 is 2.07 bits per heavy atom. The smallest absolute Gasteiger partial charge is 0.105 e. The van der Waals surface area contributed by atoms with Gasteiger partial charge in [0, 0.05) is 18.3 Å². The Labute approximate surface area is 85.3 Å². The first-order valence-electron chi connectivity index (χ1n) is 5.29. The number of aryl methyl sites for hydroxylation is 2. The van der Waals surface area contributed by atoms with E-state index in [1.807, 2.05) is 6.92 Å². The minimum absolute atomic E-state index is 0.151. The summed E-state index contributed by atoms with van der Waals surface area (Å²) in [5.74, 6) is 1.10. The van der Waals surface area contributed by atoms with Gasteiger partial charge in [-0.2, -0.15) is 0 Å². The fourth-order valence-electron chi connectivity index (χ4n) is 1.80. The summed E-state index contributed by atoms with van der Waals surface area (Å²) in [6.45, 7) is 4.18. The molecule has 1 fully saturated rings. The maximum absolute atomic E-state index is 6.05. The number of aromatic nitrogens is 2. The molecule has 1 saturated carbocycles. The van der Waals surface area contributed by atoms with E-state index >= 15 is 0 Å². The van der Waals surface area contributed by atoms with Crippen LogP contribution in [-0.4, -0.2) is 15.1 Å². The molecule has 0 radical (unpaired) electrons. The zero-order valence-electron chi connectivity index (χ0n) is 9.30. The molecule has 1 heterocycles. The van der Waals surface area contributed by atoms with Crippen LogP contribution in [0, 0.1) is 13.8 Å². The fourth-order valence-corrected chi connectivity index (χ4v) is 1.80. The van der Waals surface area contributed by atoms with Gasteiger partial charge in [-0.15, -0.1) is 0 Å². The second-order valence-electron chi connectivity index (χ2n) is 4.61. The van der Waals surface area contributed by atoms with Crippen LogP contribution < -0.4 is 5.73 Å². The van der Waals surface area contributed by atoms with E-state index in [9.17, 15) is 0 Å². The Morgan fingerprint density at radius 3 is 2.50 bits per heavy atom. The highest BCUT2D eigenvalue weighted by molar-refractivity contribution is 5.16. The molecular weight excluding hydrogens is 174 g/mol. The number of hydrogen-bond donors (Lipinski definition) is 1. The van der Waals surface area contributed by atoms with Gasteiger partial charge < -0.3 is 10.3 Å². The average molecular weight is 193 g/mol. The van der Waals surface area contributed by atoms with Crippen molar-refractivity contribution in [2.75, 3.05) is 0 Å². The van der Waals surface area contributed by atoms with Gasteiger partial charge in [-0.3, -0.25) is 0 Å². The van der Waals surface area contributed by atoms with Crippen LogP contribution >= 0.6 is 0 Å². The van der Waals surface area contributed by atoms with Crippen LogP contribution in [0.1, 0.15) is 36.5 Å². The third-order valence-corrected chi connectivity index (χ3v) is 3.45. The van der Waals surface area contributed by atoms with Gasteiger partial charge in [0.2, 0.25) is 0 Å². The van der Waals surface area contributed by atoms with E-state index < -0.39 is 0 Å². The summed E-state index contributed by atoms with van der Waals surface area (Å²) in [5, 5.41) is 0. The van der Waals surface area contributed by atoms with Crippen molar-refractivity contribution < 1.29 is 0 Å². The van der Waals surface area contributed by atoms with Crippen molar-refractivity contribution >= 4 is 0 Å². The number of hydrogen-bond acceptors (Lipinski definition) is 2. The molecule has 1 aromatic heterocycles. The monoisotopic (exact) mass is 193 g/mol.